The summed E-state index contributed by atoms with van der Waals surface area (Å²) in [6.07, 6.45) is 10.2. The van der Waals surface area contributed by atoms with Crippen LogP contribution in [0.3, 0.4) is 0 Å². The van der Waals surface area contributed by atoms with Crippen molar-refractivity contribution in [2.45, 2.75) is 38.1 Å². The highest BCUT2D eigenvalue weighted by Crippen LogP contribution is 2.28. The second kappa shape index (κ2) is 6.06. The minimum absolute atomic E-state index is 0.582. The van der Waals surface area contributed by atoms with Crippen LogP contribution in [0.2, 0.25) is 5.02 Å². The van der Waals surface area contributed by atoms with Gasteiger partial charge in [0.25, 0.3) is 0 Å². The van der Waals surface area contributed by atoms with Crippen molar-refractivity contribution in [3.05, 3.63) is 17.4 Å². The van der Waals surface area contributed by atoms with Crippen LogP contribution in [0, 0.1) is 5.92 Å². The van der Waals surface area contributed by atoms with Gasteiger partial charge in [0.1, 0.15) is 0 Å². The van der Waals surface area contributed by atoms with Crippen molar-refractivity contribution >= 4 is 17.5 Å². The molecule has 19 heavy (non-hydrogen) atoms. The van der Waals surface area contributed by atoms with Gasteiger partial charge in [-0.25, -0.2) is 9.97 Å². The summed E-state index contributed by atoms with van der Waals surface area (Å²) >= 11 is 5.77. The highest BCUT2D eigenvalue weighted by Gasteiger charge is 2.29. The molecule has 1 atom stereocenters. The molecule has 1 saturated carbocycles. The zero-order chi connectivity index (χ0) is 13.1. The fraction of sp³-hybridized carbons (Fsp3) is 0.714. The largest absolute Gasteiger partial charge is 0.354 e. The van der Waals surface area contributed by atoms with E-state index in [2.05, 4.69) is 20.2 Å². The summed E-state index contributed by atoms with van der Waals surface area (Å²) in [7, 11) is 0. The molecule has 104 valence electrons. The van der Waals surface area contributed by atoms with Crippen LogP contribution in [-0.4, -0.2) is 40.5 Å². The van der Waals surface area contributed by atoms with Crippen LogP contribution in [0.25, 0.3) is 0 Å². The van der Waals surface area contributed by atoms with E-state index in [-0.39, 0.29) is 0 Å². The number of likely N-dealkylation sites (tertiary alicyclic amines) is 1. The van der Waals surface area contributed by atoms with Crippen molar-refractivity contribution in [1.29, 1.82) is 0 Å². The van der Waals surface area contributed by atoms with Gasteiger partial charge in [0.15, 0.2) is 0 Å². The Labute approximate surface area is 119 Å². The van der Waals surface area contributed by atoms with Crippen LogP contribution in [0.1, 0.15) is 32.1 Å². The van der Waals surface area contributed by atoms with Gasteiger partial charge in [-0.15, -0.1) is 0 Å². The molecule has 3 rings (SSSR count). The maximum atomic E-state index is 5.77. The normalized spacial score (nSPS) is 25.0. The first-order valence-corrected chi connectivity index (χ1v) is 7.64. The molecule has 1 unspecified atom stereocenters. The monoisotopic (exact) mass is 280 g/mol. The summed E-state index contributed by atoms with van der Waals surface area (Å²) < 4.78 is 0. The summed E-state index contributed by atoms with van der Waals surface area (Å²) in [6.45, 7) is 3.45. The van der Waals surface area contributed by atoms with Crippen molar-refractivity contribution in [3.63, 3.8) is 0 Å². The van der Waals surface area contributed by atoms with E-state index < -0.39 is 0 Å². The van der Waals surface area contributed by atoms with Crippen LogP contribution in [-0.2, 0) is 0 Å². The molecule has 0 aromatic carbocycles. The van der Waals surface area contributed by atoms with Crippen molar-refractivity contribution in [2.24, 2.45) is 5.92 Å². The number of halogens is 1. The summed E-state index contributed by atoms with van der Waals surface area (Å²) in [4.78, 5) is 11.0. The quantitative estimate of drug-likeness (QED) is 0.921. The predicted molar refractivity (Wildman–Crippen MR) is 77.5 cm³/mol. The standard InChI is InChI=1S/C14H21ClN4/c15-12-8-17-14(18-9-12)16-7-11-5-6-19(10-11)13-3-1-2-4-13/h8-9,11,13H,1-7,10H2,(H,16,17,18). The van der Waals surface area contributed by atoms with Crippen LogP contribution >= 0.6 is 11.6 Å². The zero-order valence-electron chi connectivity index (χ0n) is 11.2. The topological polar surface area (TPSA) is 41.1 Å². The van der Waals surface area contributed by atoms with Gasteiger partial charge in [-0.2, -0.15) is 0 Å². The molecule has 2 heterocycles. The first-order valence-electron chi connectivity index (χ1n) is 7.27. The molecule has 5 heteroatoms. The molecule has 0 bridgehead atoms. The summed E-state index contributed by atoms with van der Waals surface area (Å²) in [5.74, 6) is 1.41. The van der Waals surface area contributed by atoms with Gasteiger partial charge < -0.3 is 10.2 Å². The molecule has 2 aliphatic rings. The maximum Gasteiger partial charge on any atom is 0.222 e. The van der Waals surface area contributed by atoms with Crippen molar-refractivity contribution < 1.29 is 0 Å². The van der Waals surface area contributed by atoms with Crippen LogP contribution in [0.15, 0.2) is 12.4 Å². The highest BCUT2D eigenvalue weighted by molar-refractivity contribution is 6.30. The van der Waals surface area contributed by atoms with E-state index in [1.54, 1.807) is 12.4 Å². The van der Waals surface area contributed by atoms with Crippen LogP contribution in [0.5, 0.6) is 0 Å². The molecule has 1 N–H and O–H groups in total. The van der Waals surface area contributed by atoms with E-state index in [0.717, 1.165) is 18.5 Å². The molecular formula is C14H21ClN4. The van der Waals surface area contributed by atoms with Crippen molar-refractivity contribution in [1.82, 2.24) is 14.9 Å². The van der Waals surface area contributed by atoms with Crippen molar-refractivity contribution in [2.75, 3.05) is 25.0 Å². The molecule has 1 aliphatic carbocycles. The minimum atomic E-state index is 0.582. The Bertz CT molecular complexity index is 402. The number of aromatic nitrogens is 2. The van der Waals surface area contributed by atoms with Crippen LogP contribution in [0.4, 0.5) is 5.95 Å². The lowest BCUT2D eigenvalue weighted by atomic mass is 10.1. The van der Waals surface area contributed by atoms with Gasteiger partial charge in [-0.05, 0) is 31.7 Å². The molecule has 1 aromatic rings. The summed E-state index contributed by atoms with van der Waals surface area (Å²) in [6, 6.07) is 0.858. The third-order valence-electron chi connectivity index (χ3n) is 4.33. The third-order valence-corrected chi connectivity index (χ3v) is 4.52. The lowest BCUT2D eigenvalue weighted by Crippen LogP contribution is -2.31. The van der Waals surface area contributed by atoms with Crippen molar-refractivity contribution in [3.8, 4) is 0 Å². The fourth-order valence-electron chi connectivity index (χ4n) is 3.27. The number of hydrogen-bond acceptors (Lipinski definition) is 4. The molecule has 0 amide bonds. The van der Waals surface area contributed by atoms with E-state index in [4.69, 9.17) is 11.6 Å². The molecule has 1 aromatic heterocycles. The zero-order valence-corrected chi connectivity index (χ0v) is 11.9. The summed E-state index contributed by atoms with van der Waals surface area (Å²) in [5.41, 5.74) is 0. The fourth-order valence-corrected chi connectivity index (χ4v) is 3.37. The smallest absolute Gasteiger partial charge is 0.222 e. The summed E-state index contributed by atoms with van der Waals surface area (Å²) in [5, 5.41) is 3.90. The van der Waals surface area contributed by atoms with E-state index in [0.29, 0.717) is 11.0 Å². The molecule has 4 nitrogen and oxygen atoms in total. The lowest BCUT2D eigenvalue weighted by molar-refractivity contribution is 0.238. The second-order valence-corrected chi connectivity index (χ2v) is 6.13. The maximum absolute atomic E-state index is 5.77. The van der Waals surface area contributed by atoms with E-state index in [1.807, 2.05) is 0 Å². The van der Waals surface area contributed by atoms with Gasteiger partial charge in [0, 0.05) is 19.1 Å². The predicted octanol–water partition coefficient (Wildman–Crippen LogP) is 2.81. The highest BCUT2D eigenvalue weighted by atomic mass is 35.5. The average molecular weight is 281 g/mol. The van der Waals surface area contributed by atoms with Gasteiger partial charge >= 0.3 is 0 Å². The van der Waals surface area contributed by atoms with Gasteiger partial charge in [-0.1, -0.05) is 24.4 Å². The Hall–Kier alpha value is -0.870. The average Bonchev–Trinajstić information content (AvgIpc) is 3.09. The van der Waals surface area contributed by atoms with Gasteiger partial charge in [0.05, 0.1) is 17.4 Å². The SMILES string of the molecule is Clc1cnc(NCC2CCN(C3CCCC3)C2)nc1. The number of hydrogen-bond donors (Lipinski definition) is 1. The minimum Gasteiger partial charge on any atom is -0.354 e. The Morgan fingerprint density at radius 1 is 1.21 bits per heavy atom. The number of rotatable bonds is 4. The first kappa shape index (κ1) is 13.1. The molecular weight excluding hydrogens is 260 g/mol. The number of nitrogens with zero attached hydrogens (tertiary/aromatic N) is 3. The Morgan fingerprint density at radius 2 is 1.95 bits per heavy atom. The third kappa shape index (κ3) is 3.37. The molecule has 1 aliphatic heterocycles. The number of nitrogens with one attached hydrogen (secondary N) is 1. The van der Waals surface area contributed by atoms with E-state index >= 15 is 0 Å². The Kier molecular flexibility index (Phi) is 4.18. The van der Waals surface area contributed by atoms with E-state index in [1.165, 1.54) is 45.2 Å². The second-order valence-electron chi connectivity index (χ2n) is 5.69. The van der Waals surface area contributed by atoms with Crippen LogP contribution < -0.4 is 5.32 Å². The first-order chi connectivity index (χ1) is 9.31. The molecule has 1 saturated heterocycles. The lowest BCUT2D eigenvalue weighted by Gasteiger charge is -2.23. The number of anilines is 1. The Balaban J connectivity index is 1.45. The van der Waals surface area contributed by atoms with Gasteiger partial charge in [0.2, 0.25) is 5.95 Å². The molecule has 0 spiro atoms. The molecule has 0 radical (unpaired) electrons. The Morgan fingerprint density at radius 3 is 2.68 bits per heavy atom. The van der Waals surface area contributed by atoms with Gasteiger partial charge in [-0.3, -0.25) is 0 Å². The molecule has 2 fully saturated rings. The van der Waals surface area contributed by atoms with E-state index in [9.17, 15) is 0 Å².